The fourth-order valence-electron chi connectivity index (χ4n) is 12.9. The van der Waals surface area contributed by atoms with Gasteiger partial charge >= 0.3 is 18.0 Å². The molecular formula is C74H73FN10O15. The van der Waals surface area contributed by atoms with Crippen molar-refractivity contribution in [1.82, 2.24) is 41.0 Å². The molecule has 516 valence electrons. The van der Waals surface area contributed by atoms with Crippen molar-refractivity contribution in [3.8, 4) is 11.4 Å². The minimum atomic E-state index is -2.12. The van der Waals surface area contributed by atoms with Gasteiger partial charge < -0.3 is 55.6 Å². The van der Waals surface area contributed by atoms with Crippen LogP contribution in [0.25, 0.3) is 22.3 Å². The van der Waals surface area contributed by atoms with Crippen molar-refractivity contribution in [3.05, 3.63) is 204 Å². The molecule has 0 bridgehead atoms. The topological polar surface area (TPSA) is 329 Å². The molecular weight excluding hydrogens is 1290 g/mol. The molecule has 9 amide bonds. The number of cyclic esters (lactones) is 1. The van der Waals surface area contributed by atoms with E-state index in [1.165, 1.54) is 40.8 Å². The van der Waals surface area contributed by atoms with Crippen molar-refractivity contribution in [3.63, 3.8) is 0 Å². The summed E-state index contributed by atoms with van der Waals surface area (Å²) in [5.74, 6) is -6.74. The van der Waals surface area contributed by atoms with Crippen LogP contribution in [0.1, 0.15) is 129 Å². The standard InChI is InChI=1S/C74H73FN10O15/c1-7-74(53-31-58-67-51(37-84(58)70(94)52(53)39-98-72(74)96)66-55(80-59(86)24-17-40(2)3)23-22-49-42(5)54(75)32-56(82-67)65(49)66)100-71(95)50-16-12-11-15-45(50)36-83(6)73(97)99-38-44-18-20-47(21-19-44)79-61(88)35-78-69(93)57(29-43-13-9-8-10-14-43)81-62(89)34-76-60(87)33-77-68(92)46-27-41(4)28-48(30-46)85-63(90)25-26-64(85)91/h8-16,18-21,25-28,30-32,40,55,57H,7,17,22-24,29,33-39H2,1-6H3,(H,76,87)(H,77,92)(H,78,93)(H,79,88)(H,80,86)(H,81,89)/t55-,57-,74-/m0/s1. The van der Waals surface area contributed by atoms with E-state index in [2.05, 4.69) is 31.9 Å². The van der Waals surface area contributed by atoms with Gasteiger partial charge in [0.15, 0.2) is 0 Å². The molecule has 26 heteroatoms. The number of amides is 9. The molecule has 2 aromatic heterocycles. The molecule has 0 saturated carbocycles. The molecule has 100 heavy (non-hydrogen) atoms. The Morgan fingerprint density at radius 1 is 0.780 bits per heavy atom. The highest BCUT2D eigenvalue weighted by Gasteiger charge is 2.51. The van der Waals surface area contributed by atoms with Gasteiger partial charge in [-0.25, -0.2) is 28.7 Å². The van der Waals surface area contributed by atoms with Gasteiger partial charge in [0.05, 0.1) is 65.9 Å². The lowest BCUT2D eigenvalue weighted by molar-refractivity contribution is -0.173. The fourth-order valence-corrected chi connectivity index (χ4v) is 12.9. The van der Waals surface area contributed by atoms with E-state index in [0.29, 0.717) is 87.6 Å². The number of aromatic nitrogens is 2. The predicted molar refractivity (Wildman–Crippen MR) is 362 cm³/mol. The highest BCUT2D eigenvalue weighted by Crippen LogP contribution is 2.47. The molecule has 0 fully saturated rings. The second kappa shape index (κ2) is 29.6. The number of imide groups is 1. The second-order valence-electron chi connectivity index (χ2n) is 25.5. The first kappa shape index (κ1) is 69.6. The molecule has 25 nitrogen and oxygen atoms in total. The van der Waals surface area contributed by atoms with Gasteiger partial charge in [-0.2, -0.15) is 0 Å². The van der Waals surface area contributed by atoms with Gasteiger partial charge in [-0.3, -0.25) is 43.2 Å². The SMILES string of the molecule is CC[C@@]1(OC(=O)c2ccccc2CN(C)C(=O)OCc2ccc(NC(=O)CNC(=O)[C@H](Cc3ccccc3)NC(=O)CNC(=O)CNC(=O)c3cc(C)cc(N4C(=O)C=CC4=O)c3)cc2)C(=O)OCc2c1cc1n(c2=O)Cc2c-1nc1cc(F)c(C)c3c1c2[C@@H](NC(=O)CCC(C)C)CC3. The monoisotopic (exact) mass is 1360 g/mol. The first-order valence-electron chi connectivity index (χ1n) is 32.7. The molecule has 1 aliphatic carbocycles. The molecule has 0 saturated heterocycles. The molecule has 4 aliphatic rings. The van der Waals surface area contributed by atoms with E-state index in [1.807, 2.05) is 13.8 Å². The summed E-state index contributed by atoms with van der Waals surface area (Å²) in [6, 6.07) is 27.1. The Kier molecular flexibility index (Phi) is 20.6. The largest absolute Gasteiger partial charge is 0.457 e. The quantitative estimate of drug-likeness (QED) is 0.0207. The number of hydrogen-bond donors (Lipinski definition) is 6. The van der Waals surface area contributed by atoms with Crippen LogP contribution in [0.5, 0.6) is 0 Å². The normalized spacial score (nSPS) is 15.8. The summed E-state index contributed by atoms with van der Waals surface area (Å²) in [6.45, 7) is 6.78. The van der Waals surface area contributed by atoms with E-state index in [-0.39, 0.29) is 66.4 Å². The Hall–Kier alpha value is -11.7. The van der Waals surface area contributed by atoms with E-state index in [0.717, 1.165) is 33.6 Å². The van der Waals surface area contributed by atoms with Crippen LogP contribution in [-0.2, 0) is 97.3 Å². The van der Waals surface area contributed by atoms with Crippen molar-refractivity contribution >= 4 is 87.6 Å². The van der Waals surface area contributed by atoms with Crippen molar-refractivity contribution in [2.75, 3.05) is 36.9 Å². The number of rotatable bonds is 24. The third-order valence-electron chi connectivity index (χ3n) is 18.1. The highest BCUT2D eigenvalue weighted by atomic mass is 19.1. The van der Waals surface area contributed by atoms with E-state index in [9.17, 15) is 57.5 Å². The molecule has 11 rings (SSSR count). The van der Waals surface area contributed by atoms with Gasteiger partial charge in [0.1, 0.15) is 25.1 Å². The number of hydrogen-bond acceptors (Lipinski definition) is 16. The smallest absolute Gasteiger partial charge is 0.410 e. The van der Waals surface area contributed by atoms with Crippen LogP contribution in [0.15, 0.2) is 126 Å². The first-order valence-corrected chi connectivity index (χ1v) is 32.7. The number of carbonyl (C=O) groups is 11. The number of fused-ring (bicyclic) bond motifs is 5. The van der Waals surface area contributed by atoms with Gasteiger partial charge in [-0.1, -0.05) is 81.4 Å². The summed E-state index contributed by atoms with van der Waals surface area (Å²) >= 11 is 0. The number of halogens is 1. The van der Waals surface area contributed by atoms with E-state index < -0.39 is 115 Å². The van der Waals surface area contributed by atoms with E-state index >= 15 is 4.39 Å². The van der Waals surface area contributed by atoms with Crippen molar-refractivity contribution in [2.24, 2.45) is 5.92 Å². The number of pyridine rings is 2. The van der Waals surface area contributed by atoms with Gasteiger partial charge in [-0.15, -0.1) is 0 Å². The highest BCUT2D eigenvalue weighted by molar-refractivity contribution is 6.28. The zero-order valence-electron chi connectivity index (χ0n) is 55.8. The molecule has 0 radical (unpaired) electrons. The molecule has 0 unspecified atom stereocenters. The van der Waals surface area contributed by atoms with Gasteiger partial charge in [0, 0.05) is 72.4 Å². The van der Waals surface area contributed by atoms with Crippen LogP contribution >= 0.6 is 0 Å². The van der Waals surface area contributed by atoms with Crippen LogP contribution in [0, 0.1) is 25.6 Å². The van der Waals surface area contributed by atoms with Crippen LogP contribution in [0.4, 0.5) is 20.6 Å². The number of anilines is 2. The maximum absolute atomic E-state index is 15.7. The third kappa shape index (κ3) is 14.9. The van der Waals surface area contributed by atoms with Crippen molar-refractivity contribution in [2.45, 2.75) is 117 Å². The molecule has 3 aliphatic heterocycles. The summed E-state index contributed by atoms with van der Waals surface area (Å²) in [5.41, 5.74) is 4.06. The summed E-state index contributed by atoms with van der Waals surface area (Å²) in [5, 5.41) is 16.6. The van der Waals surface area contributed by atoms with Gasteiger partial charge in [0.25, 0.3) is 23.3 Å². The number of esters is 2. The van der Waals surface area contributed by atoms with Crippen molar-refractivity contribution < 1.29 is 71.3 Å². The van der Waals surface area contributed by atoms with Crippen LogP contribution in [0.3, 0.4) is 0 Å². The molecule has 6 N–H and O–H groups in total. The van der Waals surface area contributed by atoms with E-state index in [4.69, 9.17) is 19.2 Å². The Bertz CT molecular complexity index is 4610. The first-order chi connectivity index (χ1) is 47.9. The summed E-state index contributed by atoms with van der Waals surface area (Å²) in [7, 11) is 1.46. The van der Waals surface area contributed by atoms with Gasteiger partial charge in [-0.05, 0) is 127 Å². The fraction of sp³-hybridized carbons (Fsp3) is 0.311. The van der Waals surface area contributed by atoms with E-state index in [1.54, 1.807) is 106 Å². The lowest BCUT2D eigenvalue weighted by Gasteiger charge is -2.35. The Balaban J connectivity index is 0.681. The number of benzene rings is 5. The molecule has 3 atom stereocenters. The Labute approximate surface area is 573 Å². The molecule has 5 aromatic carbocycles. The second-order valence-corrected chi connectivity index (χ2v) is 25.5. The molecule has 0 spiro atoms. The average molecular weight is 1360 g/mol. The van der Waals surface area contributed by atoms with Crippen LogP contribution in [-0.4, -0.2) is 112 Å². The van der Waals surface area contributed by atoms with Crippen LogP contribution in [0.2, 0.25) is 0 Å². The zero-order chi connectivity index (χ0) is 71.3. The lowest BCUT2D eigenvalue weighted by Crippen LogP contribution is -2.52. The number of nitrogens with one attached hydrogen (secondary N) is 6. The average Bonchev–Trinajstić information content (AvgIpc) is 1.49. The summed E-state index contributed by atoms with van der Waals surface area (Å²) < 4.78 is 34.7. The van der Waals surface area contributed by atoms with Crippen LogP contribution < -0.4 is 42.4 Å². The Morgan fingerprint density at radius 3 is 2.22 bits per heavy atom. The number of ether oxygens (including phenoxy) is 3. The molecule has 7 aromatic rings. The summed E-state index contributed by atoms with van der Waals surface area (Å²) in [4.78, 5) is 168. The lowest BCUT2D eigenvalue weighted by atomic mass is 9.81. The number of carbonyl (C=O) groups excluding carboxylic acids is 11. The molecule has 5 heterocycles. The predicted octanol–water partition coefficient (Wildman–Crippen LogP) is 6.77. The summed E-state index contributed by atoms with van der Waals surface area (Å²) in [6.07, 6.45) is 3.33. The van der Waals surface area contributed by atoms with Gasteiger partial charge in [0.2, 0.25) is 35.1 Å². The van der Waals surface area contributed by atoms with Crippen molar-refractivity contribution in [1.29, 1.82) is 0 Å². The Morgan fingerprint density at radius 2 is 1.49 bits per heavy atom. The minimum Gasteiger partial charge on any atom is -0.457 e. The number of aryl methyl sites for hydroxylation is 2. The zero-order valence-corrected chi connectivity index (χ0v) is 55.8. The maximum Gasteiger partial charge on any atom is 0.410 e. The minimum absolute atomic E-state index is 0.00516. The third-order valence-corrected chi connectivity index (χ3v) is 18.1. The number of nitrogens with zero attached hydrogens (tertiary/aromatic N) is 4. The maximum atomic E-state index is 15.7.